The minimum atomic E-state index is -3.88. The monoisotopic (exact) mass is 312 g/mol. The SMILES string of the molecule is Cc1ccccc1CNS(=O)(=O)c1scnc1C(=O)O. The number of carboxylic acid groups (broad SMARTS) is 1. The molecule has 0 unspecified atom stereocenters. The minimum absolute atomic E-state index is 0.103. The Hall–Kier alpha value is -1.77. The predicted octanol–water partition coefficient (Wildman–Crippen LogP) is 1.63. The number of carboxylic acids is 1. The van der Waals surface area contributed by atoms with E-state index in [0.29, 0.717) is 0 Å². The molecule has 0 saturated heterocycles. The summed E-state index contributed by atoms with van der Waals surface area (Å²) in [4.78, 5) is 14.5. The summed E-state index contributed by atoms with van der Waals surface area (Å²) in [6.07, 6.45) is 0. The summed E-state index contributed by atoms with van der Waals surface area (Å²) in [5.74, 6) is -1.36. The first-order valence-electron chi connectivity index (χ1n) is 5.63. The van der Waals surface area contributed by atoms with Gasteiger partial charge in [0.1, 0.15) is 0 Å². The lowest BCUT2D eigenvalue weighted by molar-refractivity contribution is 0.0687. The number of carbonyl (C=O) groups is 1. The first-order chi connectivity index (χ1) is 9.42. The Morgan fingerprint density at radius 1 is 1.40 bits per heavy atom. The van der Waals surface area contributed by atoms with Crippen LogP contribution < -0.4 is 4.72 Å². The summed E-state index contributed by atoms with van der Waals surface area (Å²) in [6.45, 7) is 1.98. The molecule has 0 bridgehead atoms. The Bertz CT molecular complexity index is 737. The van der Waals surface area contributed by atoms with Gasteiger partial charge in [0, 0.05) is 6.54 Å². The van der Waals surface area contributed by atoms with Crippen molar-refractivity contribution in [3.8, 4) is 0 Å². The summed E-state index contributed by atoms with van der Waals surface area (Å²) < 4.78 is 26.3. The lowest BCUT2D eigenvalue weighted by Crippen LogP contribution is -2.24. The lowest BCUT2D eigenvalue weighted by atomic mass is 10.1. The molecule has 1 heterocycles. The molecule has 1 aromatic carbocycles. The van der Waals surface area contributed by atoms with E-state index in [1.807, 2.05) is 31.2 Å². The molecule has 8 heteroatoms. The third-order valence-electron chi connectivity index (χ3n) is 2.70. The van der Waals surface area contributed by atoms with Crippen LogP contribution in [0.3, 0.4) is 0 Å². The first-order valence-corrected chi connectivity index (χ1v) is 7.99. The maximum Gasteiger partial charge on any atom is 0.356 e. The number of aryl methyl sites for hydroxylation is 1. The van der Waals surface area contributed by atoms with Gasteiger partial charge in [-0.1, -0.05) is 24.3 Å². The fraction of sp³-hybridized carbons (Fsp3) is 0.167. The van der Waals surface area contributed by atoms with Gasteiger partial charge in [-0.05, 0) is 18.1 Å². The third kappa shape index (κ3) is 3.03. The maximum absolute atomic E-state index is 12.1. The Morgan fingerprint density at radius 3 is 2.75 bits per heavy atom. The second-order valence-corrected chi connectivity index (χ2v) is 6.86. The largest absolute Gasteiger partial charge is 0.476 e. The highest BCUT2D eigenvalue weighted by Crippen LogP contribution is 2.20. The van der Waals surface area contributed by atoms with E-state index in [-0.39, 0.29) is 10.8 Å². The normalized spacial score (nSPS) is 11.4. The molecular formula is C12H12N2O4S2. The van der Waals surface area contributed by atoms with Crippen molar-refractivity contribution in [3.63, 3.8) is 0 Å². The fourth-order valence-corrected chi connectivity index (χ4v) is 3.80. The zero-order valence-electron chi connectivity index (χ0n) is 10.5. The Labute approximate surface area is 120 Å². The molecule has 0 amide bonds. The first kappa shape index (κ1) is 14.6. The van der Waals surface area contributed by atoms with Crippen LogP contribution in [0.5, 0.6) is 0 Å². The molecule has 0 aliphatic heterocycles. The molecule has 0 aliphatic rings. The molecule has 20 heavy (non-hydrogen) atoms. The zero-order valence-corrected chi connectivity index (χ0v) is 12.2. The molecule has 2 rings (SSSR count). The number of aromatic carboxylic acids is 1. The maximum atomic E-state index is 12.1. The van der Waals surface area contributed by atoms with E-state index in [9.17, 15) is 13.2 Å². The third-order valence-corrected chi connectivity index (χ3v) is 5.47. The summed E-state index contributed by atoms with van der Waals surface area (Å²) in [5.41, 5.74) is 2.54. The van der Waals surface area contributed by atoms with Gasteiger partial charge in [0.25, 0.3) is 10.0 Å². The average Bonchev–Trinajstić information content (AvgIpc) is 2.88. The van der Waals surface area contributed by atoms with Gasteiger partial charge in [-0.3, -0.25) is 0 Å². The van der Waals surface area contributed by atoms with Gasteiger partial charge >= 0.3 is 5.97 Å². The van der Waals surface area contributed by atoms with Crippen molar-refractivity contribution in [1.29, 1.82) is 0 Å². The van der Waals surface area contributed by atoms with Crippen LogP contribution in [0.2, 0.25) is 0 Å². The van der Waals surface area contributed by atoms with E-state index in [2.05, 4.69) is 9.71 Å². The number of hydrogen-bond acceptors (Lipinski definition) is 5. The zero-order chi connectivity index (χ0) is 14.8. The molecule has 1 aromatic heterocycles. The highest BCUT2D eigenvalue weighted by atomic mass is 32.2. The van der Waals surface area contributed by atoms with Gasteiger partial charge in [-0.15, -0.1) is 11.3 Å². The molecule has 0 aliphatic carbocycles. The predicted molar refractivity (Wildman–Crippen MR) is 74.3 cm³/mol. The Balaban J connectivity index is 2.22. The van der Waals surface area contributed by atoms with Gasteiger partial charge in [0.2, 0.25) is 0 Å². The van der Waals surface area contributed by atoms with Gasteiger partial charge in [0.15, 0.2) is 9.90 Å². The molecule has 0 atom stereocenters. The molecule has 0 saturated carbocycles. The molecule has 2 aromatic rings. The van der Waals surface area contributed by atoms with Crippen molar-refractivity contribution in [2.75, 3.05) is 0 Å². The van der Waals surface area contributed by atoms with Gasteiger partial charge in [-0.2, -0.15) is 0 Å². The lowest BCUT2D eigenvalue weighted by Gasteiger charge is -2.07. The summed E-state index contributed by atoms with van der Waals surface area (Å²) in [5, 5.41) is 8.90. The van der Waals surface area contributed by atoms with Gasteiger partial charge in [-0.25, -0.2) is 22.9 Å². The summed E-state index contributed by atoms with van der Waals surface area (Å²) >= 11 is 0.782. The van der Waals surface area contributed by atoms with E-state index in [1.165, 1.54) is 5.51 Å². The van der Waals surface area contributed by atoms with Crippen LogP contribution in [0.25, 0.3) is 0 Å². The van der Waals surface area contributed by atoms with Crippen LogP contribution in [-0.4, -0.2) is 24.5 Å². The number of nitrogens with one attached hydrogen (secondary N) is 1. The Morgan fingerprint density at radius 2 is 2.10 bits per heavy atom. The van der Waals surface area contributed by atoms with E-state index < -0.39 is 21.7 Å². The van der Waals surface area contributed by atoms with E-state index in [4.69, 9.17) is 5.11 Å². The van der Waals surface area contributed by atoms with Crippen LogP contribution in [0, 0.1) is 6.92 Å². The van der Waals surface area contributed by atoms with E-state index >= 15 is 0 Å². The van der Waals surface area contributed by atoms with Crippen molar-refractivity contribution >= 4 is 27.3 Å². The molecule has 2 N–H and O–H groups in total. The number of benzene rings is 1. The summed E-state index contributed by atoms with van der Waals surface area (Å²) in [7, 11) is -3.88. The smallest absolute Gasteiger partial charge is 0.356 e. The molecule has 0 spiro atoms. The van der Waals surface area contributed by atoms with Crippen LogP contribution in [0.1, 0.15) is 21.6 Å². The number of thiazole rings is 1. The van der Waals surface area contributed by atoms with E-state index in [0.717, 1.165) is 22.5 Å². The number of aromatic nitrogens is 1. The highest BCUT2D eigenvalue weighted by molar-refractivity contribution is 7.91. The quantitative estimate of drug-likeness (QED) is 0.874. The number of hydrogen-bond donors (Lipinski definition) is 2. The second kappa shape index (κ2) is 5.70. The average molecular weight is 312 g/mol. The molecule has 0 radical (unpaired) electrons. The van der Waals surface area contributed by atoms with Crippen molar-refractivity contribution in [1.82, 2.24) is 9.71 Å². The van der Waals surface area contributed by atoms with Crippen LogP contribution in [0.4, 0.5) is 0 Å². The van der Waals surface area contributed by atoms with Crippen molar-refractivity contribution in [2.24, 2.45) is 0 Å². The Kier molecular flexibility index (Phi) is 4.17. The van der Waals surface area contributed by atoms with Crippen molar-refractivity contribution in [2.45, 2.75) is 17.7 Å². The van der Waals surface area contributed by atoms with E-state index in [1.54, 1.807) is 0 Å². The second-order valence-electron chi connectivity index (χ2n) is 4.04. The molecule has 106 valence electrons. The fourth-order valence-electron chi connectivity index (χ4n) is 1.62. The van der Waals surface area contributed by atoms with Crippen molar-refractivity contribution in [3.05, 3.63) is 46.6 Å². The van der Waals surface area contributed by atoms with Gasteiger partial charge in [0.05, 0.1) is 5.51 Å². The topological polar surface area (TPSA) is 96.4 Å². The van der Waals surface area contributed by atoms with Gasteiger partial charge < -0.3 is 5.11 Å². The molecular weight excluding hydrogens is 300 g/mol. The standard InChI is InChI=1S/C12H12N2O4S2/c1-8-4-2-3-5-9(8)6-14-20(17,18)12-10(11(15)16)13-7-19-12/h2-5,7,14H,6H2,1H3,(H,15,16). The number of sulfonamides is 1. The number of nitrogens with zero attached hydrogens (tertiary/aromatic N) is 1. The van der Waals surface area contributed by atoms with Crippen LogP contribution >= 0.6 is 11.3 Å². The van der Waals surface area contributed by atoms with Crippen LogP contribution in [-0.2, 0) is 16.6 Å². The van der Waals surface area contributed by atoms with Crippen LogP contribution in [0.15, 0.2) is 34.0 Å². The van der Waals surface area contributed by atoms with Crippen molar-refractivity contribution < 1.29 is 18.3 Å². The molecule has 0 fully saturated rings. The summed E-state index contributed by atoms with van der Waals surface area (Å²) in [6, 6.07) is 7.35. The number of rotatable bonds is 5. The highest BCUT2D eigenvalue weighted by Gasteiger charge is 2.25. The minimum Gasteiger partial charge on any atom is -0.476 e. The molecule has 6 nitrogen and oxygen atoms in total.